The van der Waals surface area contributed by atoms with Gasteiger partial charge in [-0.15, -0.1) is 6.42 Å². The first kappa shape index (κ1) is 14.2. The highest BCUT2D eigenvalue weighted by Crippen LogP contribution is 2.19. The lowest BCUT2D eigenvalue weighted by atomic mass is 10.1. The van der Waals surface area contributed by atoms with Gasteiger partial charge >= 0.3 is 5.97 Å². The molecule has 2 N–H and O–H groups in total. The van der Waals surface area contributed by atoms with Crippen LogP contribution in [-0.4, -0.2) is 26.0 Å². The number of nitrogens with one attached hydrogen (secondary N) is 1. The van der Waals surface area contributed by atoms with Gasteiger partial charge in [-0.25, -0.2) is 17.6 Å². The Labute approximate surface area is 104 Å². The van der Waals surface area contributed by atoms with Crippen molar-refractivity contribution in [2.45, 2.75) is 11.8 Å². The number of carbonyl (C=O) groups is 1. The fourth-order valence-electron chi connectivity index (χ4n) is 1.27. The number of carboxylic acid groups (broad SMARTS) is 1. The summed E-state index contributed by atoms with van der Waals surface area (Å²) in [5, 5.41) is 8.77. The molecule has 0 aliphatic rings. The Kier molecular flexibility index (Phi) is 4.06. The van der Waals surface area contributed by atoms with Gasteiger partial charge < -0.3 is 5.11 Å². The minimum Gasteiger partial charge on any atom is -0.478 e. The highest BCUT2D eigenvalue weighted by Gasteiger charge is 2.20. The summed E-state index contributed by atoms with van der Waals surface area (Å²) >= 11 is 0. The number of benzene rings is 1. The van der Waals surface area contributed by atoms with Gasteiger partial charge in [-0.3, -0.25) is 0 Å². The normalized spacial score (nSPS) is 10.9. The molecule has 5 nitrogen and oxygen atoms in total. The van der Waals surface area contributed by atoms with Crippen molar-refractivity contribution in [3.8, 4) is 12.3 Å². The third-order valence-corrected chi connectivity index (χ3v) is 3.51. The van der Waals surface area contributed by atoms with E-state index in [4.69, 9.17) is 11.5 Å². The van der Waals surface area contributed by atoms with E-state index in [1.165, 1.54) is 6.92 Å². The third-order valence-electron chi connectivity index (χ3n) is 2.13. The van der Waals surface area contributed by atoms with Crippen LogP contribution in [0.5, 0.6) is 0 Å². The topological polar surface area (TPSA) is 83.5 Å². The molecule has 1 aromatic carbocycles. The van der Waals surface area contributed by atoms with Crippen LogP contribution in [0.15, 0.2) is 17.0 Å². The van der Waals surface area contributed by atoms with Gasteiger partial charge in [0.2, 0.25) is 10.0 Å². The molecule has 0 unspecified atom stereocenters. The molecule has 0 aliphatic heterocycles. The van der Waals surface area contributed by atoms with Gasteiger partial charge in [0.1, 0.15) is 5.82 Å². The SMILES string of the molecule is C#CCNS(=O)(=O)c1cc(C)c(F)c(C(=O)O)c1. The van der Waals surface area contributed by atoms with Gasteiger partial charge in [-0.05, 0) is 24.6 Å². The molecule has 18 heavy (non-hydrogen) atoms. The average Bonchev–Trinajstić information content (AvgIpc) is 2.29. The maximum Gasteiger partial charge on any atom is 0.338 e. The Hall–Kier alpha value is -1.91. The summed E-state index contributed by atoms with van der Waals surface area (Å²) < 4.78 is 38.9. The van der Waals surface area contributed by atoms with E-state index < -0.39 is 27.4 Å². The molecule has 0 atom stereocenters. The molecular weight excluding hydrogens is 261 g/mol. The fourth-order valence-corrected chi connectivity index (χ4v) is 2.31. The first-order valence-corrected chi connectivity index (χ1v) is 6.24. The van der Waals surface area contributed by atoms with Crippen molar-refractivity contribution in [3.63, 3.8) is 0 Å². The van der Waals surface area contributed by atoms with Crippen molar-refractivity contribution < 1.29 is 22.7 Å². The summed E-state index contributed by atoms with van der Waals surface area (Å²) in [5.74, 6) is -0.421. The molecule has 7 heteroatoms. The van der Waals surface area contributed by atoms with Crippen LogP contribution in [-0.2, 0) is 10.0 Å². The van der Waals surface area contributed by atoms with E-state index in [1.54, 1.807) is 0 Å². The minimum atomic E-state index is -3.94. The number of terminal acetylenes is 1. The Morgan fingerprint density at radius 2 is 2.17 bits per heavy atom. The van der Waals surface area contributed by atoms with Crippen LogP contribution in [0.3, 0.4) is 0 Å². The van der Waals surface area contributed by atoms with E-state index in [2.05, 4.69) is 10.6 Å². The van der Waals surface area contributed by atoms with Gasteiger partial charge in [0, 0.05) is 0 Å². The lowest BCUT2D eigenvalue weighted by Crippen LogP contribution is -2.24. The molecule has 0 amide bonds. The summed E-state index contributed by atoms with van der Waals surface area (Å²) in [7, 11) is -3.94. The molecule has 0 heterocycles. The van der Waals surface area contributed by atoms with E-state index in [9.17, 15) is 17.6 Å². The average molecular weight is 271 g/mol. The predicted molar refractivity (Wildman–Crippen MR) is 62.1 cm³/mol. The molecule has 0 fully saturated rings. The van der Waals surface area contributed by atoms with Crippen LogP contribution in [0.4, 0.5) is 4.39 Å². The molecule has 0 aliphatic carbocycles. The van der Waals surface area contributed by atoms with Crippen LogP contribution < -0.4 is 4.72 Å². The molecule has 1 rings (SSSR count). The quantitative estimate of drug-likeness (QED) is 0.791. The minimum absolute atomic E-state index is 0.0732. The van der Waals surface area contributed by atoms with Crippen LogP contribution in [0.25, 0.3) is 0 Å². The van der Waals surface area contributed by atoms with Gasteiger partial charge in [0.05, 0.1) is 17.0 Å². The van der Waals surface area contributed by atoms with Crippen molar-refractivity contribution in [2.75, 3.05) is 6.54 Å². The second-order valence-corrected chi connectivity index (χ2v) is 5.20. The lowest BCUT2D eigenvalue weighted by molar-refractivity contribution is 0.0691. The van der Waals surface area contributed by atoms with Crippen molar-refractivity contribution in [2.24, 2.45) is 0 Å². The van der Waals surface area contributed by atoms with Crippen molar-refractivity contribution in [1.29, 1.82) is 0 Å². The second-order valence-electron chi connectivity index (χ2n) is 3.44. The van der Waals surface area contributed by atoms with E-state index in [0.717, 1.165) is 12.1 Å². The standard InChI is InChI=1S/C11H10FNO4S/c1-3-4-13-18(16,17)8-5-7(2)10(12)9(6-8)11(14)15/h1,5-6,13H,4H2,2H3,(H,14,15). The highest BCUT2D eigenvalue weighted by molar-refractivity contribution is 7.89. The summed E-state index contributed by atoms with van der Waals surface area (Å²) in [6.07, 6.45) is 4.91. The maximum absolute atomic E-state index is 13.4. The van der Waals surface area contributed by atoms with Gasteiger partial charge in [0.25, 0.3) is 0 Å². The van der Waals surface area contributed by atoms with Gasteiger partial charge in [-0.1, -0.05) is 5.92 Å². The number of halogens is 1. The molecule has 0 spiro atoms. The number of hydrogen-bond donors (Lipinski definition) is 2. The molecule has 1 aromatic rings. The van der Waals surface area contributed by atoms with E-state index >= 15 is 0 Å². The Morgan fingerprint density at radius 3 is 2.67 bits per heavy atom. The highest BCUT2D eigenvalue weighted by atomic mass is 32.2. The first-order valence-electron chi connectivity index (χ1n) is 4.76. The lowest BCUT2D eigenvalue weighted by Gasteiger charge is -2.08. The number of carboxylic acids is 1. The monoisotopic (exact) mass is 271 g/mol. The van der Waals surface area contributed by atoms with Crippen LogP contribution in [0, 0.1) is 25.1 Å². The Bertz CT molecular complexity index is 631. The van der Waals surface area contributed by atoms with E-state index in [0.29, 0.717) is 0 Å². The van der Waals surface area contributed by atoms with Gasteiger partial charge in [0.15, 0.2) is 0 Å². The van der Waals surface area contributed by atoms with E-state index in [1.807, 2.05) is 0 Å². The zero-order valence-electron chi connectivity index (χ0n) is 9.40. The summed E-state index contributed by atoms with van der Waals surface area (Å²) in [5.41, 5.74) is -0.771. The first-order chi connectivity index (χ1) is 8.29. The van der Waals surface area contributed by atoms with Crippen LogP contribution in [0.1, 0.15) is 15.9 Å². The van der Waals surface area contributed by atoms with Crippen molar-refractivity contribution in [3.05, 3.63) is 29.1 Å². The third kappa shape index (κ3) is 2.85. The molecule has 0 aromatic heterocycles. The number of sulfonamides is 1. The molecular formula is C11H10FNO4S. The smallest absolute Gasteiger partial charge is 0.338 e. The maximum atomic E-state index is 13.4. The molecule has 0 saturated heterocycles. The molecule has 0 radical (unpaired) electrons. The molecule has 0 bridgehead atoms. The fraction of sp³-hybridized carbons (Fsp3) is 0.182. The number of hydrogen-bond acceptors (Lipinski definition) is 3. The second kappa shape index (κ2) is 5.16. The molecule has 96 valence electrons. The van der Waals surface area contributed by atoms with Gasteiger partial charge in [-0.2, -0.15) is 4.72 Å². The van der Waals surface area contributed by atoms with E-state index in [-0.39, 0.29) is 17.0 Å². The Morgan fingerprint density at radius 1 is 1.56 bits per heavy atom. The molecule has 0 saturated carbocycles. The van der Waals surface area contributed by atoms with Crippen molar-refractivity contribution >= 4 is 16.0 Å². The predicted octanol–water partition coefficient (Wildman–Crippen LogP) is 0.744. The Balaban J connectivity index is 3.36. The summed E-state index contributed by atoms with van der Waals surface area (Å²) in [6.45, 7) is 1.04. The zero-order valence-corrected chi connectivity index (χ0v) is 10.2. The number of rotatable bonds is 4. The number of aryl methyl sites for hydroxylation is 1. The van der Waals surface area contributed by atoms with Crippen LogP contribution in [0.2, 0.25) is 0 Å². The van der Waals surface area contributed by atoms with Crippen molar-refractivity contribution in [1.82, 2.24) is 4.72 Å². The largest absolute Gasteiger partial charge is 0.478 e. The summed E-state index contributed by atoms with van der Waals surface area (Å²) in [6, 6.07) is 1.80. The zero-order chi connectivity index (χ0) is 13.9. The summed E-state index contributed by atoms with van der Waals surface area (Å²) in [4.78, 5) is 10.4. The van der Waals surface area contributed by atoms with Crippen LogP contribution >= 0.6 is 0 Å². The number of aromatic carboxylic acids is 1.